The smallest absolute Gasteiger partial charge is 0.296 e. The SMILES string of the molecule is Cc1nnc(N2C(=O)C(O)=C(C(=O)c3sc(C)nc3C)C2c2ccc(N(C)C)cc2)s1. The van der Waals surface area contributed by atoms with Gasteiger partial charge in [0.2, 0.25) is 10.9 Å². The van der Waals surface area contributed by atoms with Gasteiger partial charge in [-0.25, -0.2) is 4.98 Å². The molecule has 1 atom stereocenters. The Morgan fingerprint density at radius 2 is 1.74 bits per heavy atom. The fraction of sp³-hybridized carbons (Fsp3) is 0.286. The number of aryl methyl sites for hydroxylation is 3. The van der Waals surface area contributed by atoms with Crippen LogP contribution in [0.5, 0.6) is 0 Å². The van der Waals surface area contributed by atoms with Crippen LogP contribution in [0.4, 0.5) is 10.8 Å². The highest BCUT2D eigenvalue weighted by molar-refractivity contribution is 7.15. The molecule has 0 fully saturated rings. The highest BCUT2D eigenvalue weighted by Gasteiger charge is 2.46. The molecule has 0 spiro atoms. The third kappa shape index (κ3) is 3.61. The van der Waals surface area contributed by atoms with E-state index < -0.39 is 23.5 Å². The fourth-order valence-corrected chi connectivity index (χ4v) is 5.14. The number of carbonyl (C=O) groups is 2. The first-order valence-electron chi connectivity index (χ1n) is 9.51. The fourth-order valence-electron chi connectivity index (χ4n) is 3.55. The second kappa shape index (κ2) is 7.86. The molecule has 4 rings (SSSR count). The monoisotopic (exact) mass is 455 g/mol. The number of aliphatic hydroxyl groups excluding tert-OH is 1. The van der Waals surface area contributed by atoms with Crippen molar-refractivity contribution in [2.45, 2.75) is 26.8 Å². The van der Waals surface area contributed by atoms with Crippen molar-refractivity contribution in [1.29, 1.82) is 0 Å². The average molecular weight is 456 g/mol. The van der Waals surface area contributed by atoms with Crippen LogP contribution in [0.1, 0.15) is 37.0 Å². The minimum atomic E-state index is -0.814. The molecule has 10 heteroatoms. The first-order chi connectivity index (χ1) is 14.7. The van der Waals surface area contributed by atoms with Crippen molar-refractivity contribution in [3.05, 3.63) is 61.7 Å². The van der Waals surface area contributed by atoms with Crippen molar-refractivity contribution < 1.29 is 14.7 Å². The summed E-state index contributed by atoms with van der Waals surface area (Å²) in [5, 5.41) is 20.7. The van der Waals surface area contributed by atoms with Gasteiger partial charge < -0.3 is 10.0 Å². The van der Waals surface area contributed by atoms with Gasteiger partial charge in [-0.15, -0.1) is 21.5 Å². The van der Waals surface area contributed by atoms with Gasteiger partial charge in [-0.3, -0.25) is 14.5 Å². The van der Waals surface area contributed by atoms with Gasteiger partial charge in [0.15, 0.2) is 5.76 Å². The van der Waals surface area contributed by atoms with E-state index in [0.717, 1.165) is 10.7 Å². The van der Waals surface area contributed by atoms with Gasteiger partial charge in [0.1, 0.15) is 5.01 Å². The van der Waals surface area contributed by atoms with Crippen molar-refractivity contribution in [2.75, 3.05) is 23.9 Å². The number of benzene rings is 1. The summed E-state index contributed by atoms with van der Waals surface area (Å²) in [6.45, 7) is 5.35. The summed E-state index contributed by atoms with van der Waals surface area (Å²) in [6.07, 6.45) is 0. The molecule has 3 heterocycles. The van der Waals surface area contributed by atoms with Crippen molar-refractivity contribution in [1.82, 2.24) is 15.2 Å². The van der Waals surface area contributed by atoms with Crippen molar-refractivity contribution in [3.63, 3.8) is 0 Å². The molecular weight excluding hydrogens is 434 g/mol. The lowest BCUT2D eigenvalue weighted by Crippen LogP contribution is -2.31. The number of amides is 1. The number of nitrogens with zero attached hydrogens (tertiary/aromatic N) is 5. The minimum Gasteiger partial charge on any atom is -0.503 e. The summed E-state index contributed by atoms with van der Waals surface area (Å²) < 4.78 is 0. The quantitative estimate of drug-likeness (QED) is 0.585. The molecule has 0 saturated carbocycles. The van der Waals surface area contributed by atoms with Crippen LogP contribution >= 0.6 is 22.7 Å². The molecule has 0 aliphatic carbocycles. The molecule has 2 aromatic heterocycles. The second-order valence-corrected chi connectivity index (χ2v) is 9.77. The number of aliphatic hydroxyl groups is 1. The number of carbonyl (C=O) groups excluding carboxylic acids is 2. The van der Waals surface area contributed by atoms with E-state index >= 15 is 0 Å². The Balaban J connectivity index is 1.87. The number of hydrogen-bond acceptors (Lipinski definition) is 9. The van der Waals surface area contributed by atoms with E-state index in [-0.39, 0.29) is 5.57 Å². The molecule has 1 N–H and O–H groups in total. The number of thiazole rings is 1. The van der Waals surface area contributed by atoms with Crippen LogP contribution in [0.3, 0.4) is 0 Å². The van der Waals surface area contributed by atoms with Gasteiger partial charge in [-0.2, -0.15) is 0 Å². The number of anilines is 2. The number of Topliss-reactive ketones (excluding diaryl/α,β-unsaturated/α-hetero) is 1. The molecule has 0 bridgehead atoms. The van der Waals surface area contributed by atoms with E-state index in [1.54, 1.807) is 13.8 Å². The van der Waals surface area contributed by atoms with Crippen LogP contribution in [-0.4, -0.2) is 46.1 Å². The number of rotatable bonds is 5. The van der Waals surface area contributed by atoms with E-state index in [1.807, 2.05) is 50.2 Å². The lowest BCUT2D eigenvalue weighted by atomic mass is 9.95. The molecule has 1 amide bonds. The molecule has 0 saturated heterocycles. The summed E-state index contributed by atoms with van der Waals surface area (Å²) in [5.74, 6) is -1.63. The molecule has 31 heavy (non-hydrogen) atoms. The van der Waals surface area contributed by atoms with E-state index in [2.05, 4.69) is 15.2 Å². The molecular formula is C21H21N5O3S2. The highest BCUT2D eigenvalue weighted by Crippen LogP contribution is 2.43. The molecule has 160 valence electrons. The van der Waals surface area contributed by atoms with Gasteiger partial charge in [-0.1, -0.05) is 23.5 Å². The zero-order chi connectivity index (χ0) is 22.4. The van der Waals surface area contributed by atoms with Gasteiger partial charge in [0.05, 0.1) is 27.2 Å². The predicted octanol–water partition coefficient (Wildman–Crippen LogP) is 3.77. The Kier molecular flexibility index (Phi) is 5.36. The molecule has 0 radical (unpaired) electrons. The maximum atomic E-state index is 13.5. The molecule has 8 nitrogen and oxygen atoms in total. The number of ketones is 1. The van der Waals surface area contributed by atoms with Gasteiger partial charge >= 0.3 is 0 Å². The second-order valence-electron chi connectivity index (χ2n) is 7.41. The lowest BCUT2D eigenvalue weighted by Gasteiger charge is -2.24. The first-order valence-corrected chi connectivity index (χ1v) is 11.1. The minimum absolute atomic E-state index is 0.0298. The molecule has 1 unspecified atom stereocenters. The maximum Gasteiger partial charge on any atom is 0.296 e. The van der Waals surface area contributed by atoms with E-state index in [4.69, 9.17) is 0 Å². The third-order valence-corrected chi connectivity index (χ3v) is 6.92. The number of aromatic nitrogens is 3. The Hall–Kier alpha value is -3.11. The lowest BCUT2D eigenvalue weighted by molar-refractivity contribution is -0.117. The molecule has 3 aromatic rings. The average Bonchev–Trinajstić information content (AvgIpc) is 3.37. The van der Waals surface area contributed by atoms with Crippen LogP contribution in [0, 0.1) is 20.8 Å². The van der Waals surface area contributed by atoms with Gasteiger partial charge in [-0.05, 0) is 38.5 Å². The van der Waals surface area contributed by atoms with E-state index in [1.165, 1.54) is 27.6 Å². The van der Waals surface area contributed by atoms with Crippen molar-refractivity contribution in [3.8, 4) is 0 Å². The normalized spacial score (nSPS) is 16.4. The van der Waals surface area contributed by atoms with Gasteiger partial charge in [0, 0.05) is 19.8 Å². The Bertz CT molecular complexity index is 1210. The van der Waals surface area contributed by atoms with Crippen LogP contribution < -0.4 is 9.80 Å². The number of hydrogen-bond donors (Lipinski definition) is 1. The highest BCUT2D eigenvalue weighted by atomic mass is 32.1. The Morgan fingerprint density at radius 3 is 2.26 bits per heavy atom. The summed E-state index contributed by atoms with van der Waals surface area (Å²) in [4.78, 5) is 34.7. The van der Waals surface area contributed by atoms with Crippen LogP contribution in [-0.2, 0) is 4.79 Å². The first kappa shape index (κ1) is 21.1. The third-order valence-electron chi connectivity index (χ3n) is 5.01. The summed E-state index contributed by atoms with van der Waals surface area (Å²) >= 11 is 2.48. The largest absolute Gasteiger partial charge is 0.503 e. The van der Waals surface area contributed by atoms with Crippen LogP contribution in [0.2, 0.25) is 0 Å². The molecule has 1 aliphatic rings. The summed E-state index contributed by atoms with van der Waals surface area (Å²) in [6, 6.07) is 6.70. The van der Waals surface area contributed by atoms with Crippen molar-refractivity contribution >= 4 is 45.2 Å². The molecule has 1 aliphatic heterocycles. The van der Waals surface area contributed by atoms with Crippen LogP contribution in [0.25, 0.3) is 0 Å². The summed E-state index contributed by atoms with van der Waals surface area (Å²) in [5.41, 5.74) is 2.27. The summed E-state index contributed by atoms with van der Waals surface area (Å²) in [7, 11) is 3.86. The Labute approximate surface area is 187 Å². The maximum absolute atomic E-state index is 13.5. The van der Waals surface area contributed by atoms with E-state index in [9.17, 15) is 14.7 Å². The Morgan fingerprint density at radius 1 is 1.06 bits per heavy atom. The predicted molar refractivity (Wildman–Crippen MR) is 121 cm³/mol. The zero-order valence-electron chi connectivity index (χ0n) is 17.7. The zero-order valence-corrected chi connectivity index (χ0v) is 19.3. The topological polar surface area (TPSA) is 99.5 Å². The standard InChI is InChI=1S/C21H21N5O3S2/c1-10-19(30-11(2)22-10)17(27)15-16(13-6-8-14(9-7-13)25(4)5)26(20(29)18(15)28)21-24-23-12(3)31-21/h6-9,16,28H,1-5H3. The molecule has 1 aromatic carbocycles. The van der Waals surface area contributed by atoms with Crippen molar-refractivity contribution in [2.24, 2.45) is 0 Å². The van der Waals surface area contributed by atoms with Crippen LogP contribution in [0.15, 0.2) is 35.6 Å². The van der Waals surface area contributed by atoms with E-state index in [0.29, 0.717) is 26.3 Å². The van der Waals surface area contributed by atoms with Gasteiger partial charge in [0.25, 0.3) is 5.91 Å².